The first-order valence-electron chi connectivity index (χ1n) is 5.63. The number of aliphatic hydroxyl groups is 1. The summed E-state index contributed by atoms with van der Waals surface area (Å²) in [5.74, 6) is 0.583. The van der Waals surface area contributed by atoms with Crippen molar-refractivity contribution >= 4 is 0 Å². The molecule has 1 heterocycles. The lowest BCUT2D eigenvalue weighted by Crippen LogP contribution is -2.32. The second kappa shape index (κ2) is 6.45. The zero-order valence-corrected chi connectivity index (χ0v) is 9.89. The van der Waals surface area contributed by atoms with Gasteiger partial charge in [-0.15, -0.1) is 0 Å². The Balaban J connectivity index is 2.31. The molecule has 2 N–H and O–H groups in total. The average Bonchev–Trinajstić information content (AvgIpc) is 2.21. The summed E-state index contributed by atoms with van der Waals surface area (Å²) in [6.07, 6.45) is 2.95. The van der Waals surface area contributed by atoms with Crippen molar-refractivity contribution < 1.29 is 5.11 Å². The molecule has 0 amide bonds. The Morgan fingerprint density at radius 1 is 1.31 bits per heavy atom. The highest BCUT2D eigenvalue weighted by Gasteiger charge is 2.04. The molecule has 0 fully saturated rings. The summed E-state index contributed by atoms with van der Waals surface area (Å²) < 4.78 is 1.81. The summed E-state index contributed by atoms with van der Waals surface area (Å²) in [5.41, 5.74) is -0.0105. The lowest BCUT2D eigenvalue weighted by atomic mass is 10.2. The second-order valence-electron chi connectivity index (χ2n) is 4.44. The number of hydrogen-bond acceptors (Lipinski definition) is 3. The summed E-state index contributed by atoms with van der Waals surface area (Å²) in [5, 5.41) is 12.9. The van der Waals surface area contributed by atoms with E-state index in [-0.39, 0.29) is 5.43 Å². The van der Waals surface area contributed by atoms with Crippen LogP contribution in [0.3, 0.4) is 0 Å². The highest BCUT2D eigenvalue weighted by Crippen LogP contribution is 1.92. The van der Waals surface area contributed by atoms with E-state index in [4.69, 9.17) is 0 Å². The predicted octanol–water partition coefficient (Wildman–Crippen LogP) is 0.455. The molecule has 0 spiro atoms. The molecule has 1 unspecified atom stereocenters. The fourth-order valence-corrected chi connectivity index (χ4v) is 1.41. The topological polar surface area (TPSA) is 54.3 Å². The van der Waals surface area contributed by atoms with Gasteiger partial charge < -0.3 is 15.0 Å². The van der Waals surface area contributed by atoms with Crippen molar-refractivity contribution in [1.82, 2.24) is 9.88 Å². The fraction of sp³-hybridized carbons (Fsp3) is 0.583. The third kappa shape index (κ3) is 5.09. The van der Waals surface area contributed by atoms with Crippen LogP contribution in [0.5, 0.6) is 0 Å². The van der Waals surface area contributed by atoms with E-state index in [0.717, 1.165) is 6.54 Å². The van der Waals surface area contributed by atoms with E-state index in [2.05, 4.69) is 19.2 Å². The number of rotatable bonds is 6. The minimum atomic E-state index is -0.429. The molecule has 1 aromatic heterocycles. The van der Waals surface area contributed by atoms with Crippen LogP contribution in [0.4, 0.5) is 0 Å². The lowest BCUT2D eigenvalue weighted by molar-refractivity contribution is 0.150. The average molecular weight is 224 g/mol. The molecule has 0 bridgehead atoms. The summed E-state index contributed by atoms with van der Waals surface area (Å²) in [7, 11) is 0. The number of nitrogens with zero attached hydrogens (tertiary/aromatic N) is 1. The molecule has 90 valence electrons. The van der Waals surface area contributed by atoms with Gasteiger partial charge in [0.2, 0.25) is 0 Å². The zero-order valence-electron chi connectivity index (χ0n) is 9.89. The number of pyridine rings is 1. The summed E-state index contributed by atoms with van der Waals surface area (Å²) >= 11 is 0. The number of nitrogens with one attached hydrogen (secondary N) is 1. The highest BCUT2D eigenvalue weighted by molar-refractivity contribution is 4.93. The van der Waals surface area contributed by atoms with Crippen LogP contribution in [-0.4, -0.2) is 28.9 Å². The molecular formula is C12H20N2O2. The second-order valence-corrected chi connectivity index (χ2v) is 4.44. The Morgan fingerprint density at radius 2 is 1.94 bits per heavy atom. The van der Waals surface area contributed by atoms with Gasteiger partial charge in [-0.3, -0.25) is 4.79 Å². The quantitative estimate of drug-likeness (QED) is 0.738. The van der Waals surface area contributed by atoms with Gasteiger partial charge in [-0.2, -0.15) is 0 Å². The van der Waals surface area contributed by atoms with Crippen LogP contribution in [0.25, 0.3) is 0 Å². The van der Waals surface area contributed by atoms with Crippen LogP contribution < -0.4 is 10.7 Å². The molecule has 1 aromatic rings. The third-order valence-corrected chi connectivity index (χ3v) is 2.21. The van der Waals surface area contributed by atoms with E-state index < -0.39 is 6.10 Å². The van der Waals surface area contributed by atoms with Crippen molar-refractivity contribution in [2.45, 2.75) is 26.5 Å². The minimum Gasteiger partial charge on any atom is -0.390 e. The SMILES string of the molecule is CC(C)CNCC(O)Cn1ccc(=O)cc1. The molecule has 0 aliphatic carbocycles. The maximum absolute atomic E-state index is 10.9. The standard InChI is InChI=1S/C12H20N2O2/c1-10(2)7-13-8-12(16)9-14-5-3-11(15)4-6-14/h3-6,10,12-13,16H,7-9H2,1-2H3. The number of hydrogen-bond donors (Lipinski definition) is 2. The van der Waals surface area contributed by atoms with Gasteiger partial charge in [-0.25, -0.2) is 0 Å². The van der Waals surface area contributed by atoms with Crippen molar-refractivity contribution in [2.75, 3.05) is 13.1 Å². The van der Waals surface area contributed by atoms with E-state index in [9.17, 15) is 9.90 Å². The van der Waals surface area contributed by atoms with Gasteiger partial charge in [-0.05, 0) is 12.5 Å². The van der Waals surface area contributed by atoms with Gasteiger partial charge in [0.15, 0.2) is 5.43 Å². The van der Waals surface area contributed by atoms with Crippen LogP contribution in [0.1, 0.15) is 13.8 Å². The lowest BCUT2D eigenvalue weighted by Gasteiger charge is -2.14. The molecule has 0 saturated carbocycles. The van der Waals surface area contributed by atoms with Crippen molar-refractivity contribution in [3.63, 3.8) is 0 Å². The smallest absolute Gasteiger partial charge is 0.181 e. The molecule has 16 heavy (non-hydrogen) atoms. The van der Waals surface area contributed by atoms with Crippen LogP contribution in [0.15, 0.2) is 29.3 Å². The molecule has 0 saturated heterocycles. The predicted molar refractivity (Wildman–Crippen MR) is 64.4 cm³/mol. The minimum absolute atomic E-state index is 0.0105. The monoisotopic (exact) mass is 224 g/mol. The van der Waals surface area contributed by atoms with E-state index in [1.165, 1.54) is 12.1 Å². The Labute approximate surface area is 95.9 Å². The molecule has 0 aromatic carbocycles. The van der Waals surface area contributed by atoms with Gasteiger partial charge >= 0.3 is 0 Å². The molecule has 0 radical (unpaired) electrons. The number of aliphatic hydroxyl groups excluding tert-OH is 1. The van der Waals surface area contributed by atoms with Crippen LogP contribution in [0.2, 0.25) is 0 Å². The van der Waals surface area contributed by atoms with Gasteiger partial charge in [-0.1, -0.05) is 13.8 Å². The molecule has 0 aliphatic heterocycles. The van der Waals surface area contributed by atoms with Gasteiger partial charge in [0.05, 0.1) is 6.10 Å². The maximum atomic E-state index is 10.9. The Kier molecular flexibility index (Phi) is 5.22. The van der Waals surface area contributed by atoms with Crippen LogP contribution >= 0.6 is 0 Å². The Hall–Kier alpha value is -1.13. The fourth-order valence-electron chi connectivity index (χ4n) is 1.41. The highest BCUT2D eigenvalue weighted by atomic mass is 16.3. The van der Waals surface area contributed by atoms with Crippen molar-refractivity contribution in [3.05, 3.63) is 34.7 Å². The Bertz CT molecular complexity index is 340. The molecule has 0 aliphatic rings. The summed E-state index contributed by atoms with van der Waals surface area (Å²) in [6.45, 7) is 6.24. The first kappa shape index (κ1) is 12.9. The normalized spacial score (nSPS) is 13.0. The summed E-state index contributed by atoms with van der Waals surface area (Å²) in [6, 6.07) is 2.99. The van der Waals surface area contributed by atoms with E-state index in [1.54, 1.807) is 12.4 Å². The van der Waals surface area contributed by atoms with Crippen LogP contribution in [0, 0.1) is 5.92 Å². The van der Waals surface area contributed by atoms with Gasteiger partial charge in [0.25, 0.3) is 0 Å². The molecule has 1 rings (SSSR count). The van der Waals surface area contributed by atoms with Gasteiger partial charge in [0, 0.05) is 37.6 Å². The van der Waals surface area contributed by atoms with E-state index in [0.29, 0.717) is 19.0 Å². The zero-order chi connectivity index (χ0) is 12.0. The first-order valence-corrected chi connectivity index (χ1v) is 5.63. The summed E-state index contributed by atoms with van der Waals surface area (Å²) in [4.78, 5) is 10.9. The third-order valence-electron chi connectivity index (χ3n) is 2.21. The van der Waals surface area contributed by atoms with Crippen molar-refractivity contribution in [1.29, 1.82) is 0 Å². The first-order chi connectivity index (χ1) is 7.58. The van der Waals surface area contributed by atoms with E-state index in [1.807, 2.05) is 4.57 Å². The molecule has 4 nitrogen and oxygen atoms in total. The van der Waals surface area contributed by atoms with Crippen LogP contribution in [-0.2, 0) is 6.54 Å². The molecule has 4 heteroatoms. The molecular weight excluding hydrogens is 204 g/mol. The van der Waals surface area contributed by atoms with Crippen molar-refractivity contribution in [3.8, 4) is 0 Å². The largest absolute Gasteiger partial charge is 0.390 e. The maximum Gasteiger partial charge on any atom is 0.181 e. The molecule has 1 atom stereocenters. The Morgan fingerprint density at radius 3 is 2.50 bits per heavy atom. The van der Waals surface area contributed by atoms with Gasteiger partial charge in [0.1, 0.15) is 0 Å². The van der Waals surface area contributed by atoms with Crippen molar-refractivity contribution in [2.24, 2.45) is 5.92 Å². The number of aromatic nitrogens is 1. The van der Waals surface area contributed by atoms with E-state index >= 15 is 0 Å².